The lowest BCUT2D eigenvalue weighted by Gasteiger charge is -2.38. The van der Waals surface area contributed by atoms with Gasteiger partial charge in [-0.05, 0) is 37.5 Å². The Morgan fingerprint density at radius 3 is 2.81 bits per heavy atom. The van der Waals surface area contributed by atoms with Crippen molar-refractivity contribution in [2.24, 2.45) is 5.73 Å². The highest BCUT2D eigenvalue weighted by Crippen LogP contribution is 2.35. The van der Waals surface area contributed by atoms with Crippen LogP contribution in [0.4, 0.5) is 10.1 Å². The Morgan fingerprint density at radius 2 is 2.05 bits per heavy atom. The van der Waals surface area contributed by atoms with Crippen LogP contribution < -0.4 is 10.6 Å². The number of aryl methyl sites for hydroxylation is 2. The Balaban J connectivity index is 2.02. The zero-order chi connectivity index (χ0) is 14.8. The topological polar surface area (TPSA) is 29.3 Å². The molecule has 0 bridgehead atoms. The molecule has 1 aliphatic rings. The van der Waals surface area contributed by atoms with E-state index in [4.69, 9.17) is 5.73 Å². The largest absolute Gasteiger partial charge is 0.363 e. The number of halogens is 1. The summed E-state index contributed by atoms with van der Waals surface area (Å²) in [4.78, 5) is 2.26. The summed E-state index contributed by atoms with van der Waals surface area (Å²) in [5.74, 6) is -0.174. The molecule has 1 unspecified atom stereocenters. The Morgan fingerprint density at radius 1 is 1.24 bits per heavy atom. The first-order valence-electron chi connectivity index (χ1n) is 7.51. The molecule has 0 aliphatic carbocycles. The minimum atomic E-state index is -0.174. The molecule has 1 aliphatic heterocycles. The summed E-state index contributed by atoms with van der Waals surface area (Å²) >= 11 is 0. The monoisotopic (exact) mass is 284 g/mol. The molecule has 0 aromatic heterocycles. The van der Waals surface area contributed by atoms with Crippen LogP contribution in [0.15, 0.2) is 42.5 Å². The maximum absolute atomic E-state index is 14.1. The standard InChI is InChI=1S/C18H21FN2/c1-13-8-9-17-14(11-13)5-4-10-21(17)18(12-20)15-6-2-3-7-16(15)19/h2-3,6-9,11,18H,4-5,10,12,20H2,1H3. The van der Waals surface area contributed by atoms with Gasteiger partial charge in [-0.25, -0.2) is 4.39 Å². The average molecular weight is 284 g/mol. The van der Waals surface area contributed by atoms with Crippen LogP contribution in [0.5, 0.6) is 0 Å². The van der Waals surface area contributed by atoms with E-state index >= 15 is 0 Å². The van der Waals surface area contributed by atoms with Gasteiger partial charge in [0.25, 0.3) is 0 Å². The average Bonchev–Trinajstić information content (AvgIpc) is 2.49. The number of fused-ring (bicyclic) bond motifs is 1. The number of nitrogens with zero attached hydrogens (tertiary/aromatic N) is 1. The fraction of sp³-hybridized carbons (Fsp3) is 0.333. The van der Waals surface area contributed by atoms with Crippen molar-refractivity contribution in [3.63, 3.8) is 0 Å². The number of anilines is 1. The van der Waals surface area contributed by atoms with Crippen molar-refractivity contribution in [1.82, 2.24) is 0 Å². The van der Waals surface area contributed by atoms with Crippen molar-refractivity contribution in [3.05, 3.63) is 65.0 Å². The van der Waals surface area contributed by atoms with Gasteiger partial charge >= 0.3 is 0 Å². The highest BCUT2D eigenvalue weighted by Gasteiger charge is 2.26. The van der Waals surface area contributed by atoms with E-state index in [1.54, 1.807) is 6.07 Å². The van der Waals surface area contributed by atoms with Crippen LogP contribution in [0, 0.1) is 12.7 Å². The summed E-state index contributed by atoms with van der Waals surface area (Å²) in [7, 11) is 0. The molecule has 3 heteroatoms. The van der Waals surface area contributed by atoms with Crippen LogP contribution in [0.25, 0.3) is 0 Å². The Kier molecular flexibility index (Phi) is 3.93. The number of nitrogens with two attached hydrogens (primary N) is 1. The zero-order valence-electron chi connectivity index (χ0n) is 12.3. The predicted octanol–water partition coefficient (Wildman–Crippen LogP) is 3.59. The van der Waals surface area contributed by atoms with Gasteiger partial charge in [-0.15, -0.1) is 0 Å². The van der Waals surface area contributed by atoms with Crippen LogP contribution in [-0.4, -0.2) is 13.1 Å². The smallest absolute Gasteiger partial charge is 0.128 e. The first-order valence-corrected chi connectivity index (χ1v) is 7.51. The summed E-state index contributed by atoms with van der Waals surface area (Å²) in [6.45, 7) is 3.44. The molecule has 2 aromatic rings. The van der Waals surface area contributed by atoms with Gasteiger partial charge < -0.3 is 10.6 Å². The molecule has 0 fully saturated rings. The summed E-state index contributed by atoms with van der Waals surface area (Å²) in [5.41, 5.74) is 10.5. The second-order valence-electron chi connectivity index (χ2n) is 5.70. The second kappa shape index (κ2) is 5.86. The van der Waals surface area contributed by atoms with Crippen LogP contribution in [0.1, 0.15) is 29.2 Å². The third kappa shape index (κ3) is 2.66. The fourth-order valence-electron chi connectivity index (χ4n) is 3.25. The molecule has 3 rings (SSSR count). The van der Waals surface area contributed by atoms with Gasteiger partial charge in [-0.3, -0.25) is 0 Å². The highest BCUT2D eigenvalue weighted by atomic mass is 19.1. The van der Waals surface area contributed by atoms with Crippen LogP contribution >= 0.6 is 0 Å². The molecule has 0 spiro atoms. The number of rotatable bonds is 3. The van der Waals surface area contributed by atoms with Gasteiger partial charge in [0.05, 0.1) is 6.04 Å². The normalized spacial score (nSPS) is 15.7. The second-order valence-corrected chi connectivity index (χ2v) is 5.70. The van der Waals surface area contributed by atoms with E-state index in [-0.39, 0.29) is 11.9 Å². The summed E-state index contributed by atoms with van der Waals surface area (Å²) < 4.78 is 14.1. The molecule has 1 atom stereocenters. The lowest BCUT2D eigenvalue weighted by atomic mass is 9.95. The molecular formula is C18H21FN2. The van der Waals surface area contributed by atoms with E-state index in [1.165, 1.54) is 22.9 Å². The van der Waals surface area contributed by atoms with Crippen LogP contribution in [-0.2, 0) is 6.42 Å². The molecule has 0 saturated heterocycles. The number of benzene rings is 2. The molecule has 0 amide bonds. The molecule has 2 aromatic carbocycles. The minimum absolute atomic E-state index is 0.104. The van der Waals surface area contributed by atoms with Gasteiger partial charge in [-0.1, -0.05) is 35.9 Å². The summed E-state index contributed by atoms with van der Waals surface area (Å²) in [6, 6.07) is 13.3. The van der Waals surface area contributed by atoms with E-state index in [0.29, 0.717) is 12.1 Å². The third-order valence-electron chi connectivity index (χ3n) is 4.25. The van der Waals surface area contributed by atoms with Crippen LogP contribution in [0.2, 0.25) is 0 Å². The summed E-state index contributed by atoms with van der Waals surface area (Å²) in [6.07, 6.45) is 2.17. The molecule has 1 heterocycles. The summed E-state index contributed by atoms with van der Waals surface area (Å²) in [5, 5.41) is 0. The van der Waals surface area contributed by atoms with Crippen molar-refractivity contribution in [2.75, 3.05) is 18.0 Å². The van der Waals surface area contributed by atoms with E-state index in [9.17, 15) is 4.39 Å². The van der Waals surface area contributed by atoms with Gasteiger partial charge in [0.1, 0.15) is 5.82 Å². The fourth-order valence-corrected chi connectivity index (χ4v) is 3.25. The van der Waals surface area contributed by atoms with Crippen molar-refractivity contribution in [2.45, 2.75) is 25.8 Å². The quantitative estimate of drug-likeness (QED) is 0.933. The lowest BCUT2D eigenvalue weighted by molar-refractivity contribution is 0.542. The molecule has 2 N–H and O–H groups in total. The minimum Gasteiger partial charge on any atom is -0.363 e. The first kappa shape index (κ1) is 14.1. The molecular weight excluding hydrogens is 263 g/mol. The number of hydrogen-bond donors (Lipinski definition) is 1. The Bertz CT molecular complexity index is 639. The van der Waals surface area contributed by atoms with Crippen molar-refractivity contribution in [1.29, 1.82) is 0 Å². The molecule has 0 saturated carbocycles. The lowest BCUT2D eigenvalue weighted by Crippen LogP contribution is -2.38. The molecule has 110 valence electrons. The van der Waals surface area contributed by atoms with E-state index < -0.39 is 0 Å². The van der Waals surface area contributed by atoms with Gasteiger partial charge in [0.15, 0.2) is 0 Å². The maximum Gasteiger partial charge on any atom is 0.128 e. The number of hydrogen-bond acceptors (Lipinski definition) is 2. The predicted molar refractivity (Wildman–Crippen MR) is 85.0 cm³/mol. The zero-order valence-corrected chi connectivity index (χ0v) is 12.3. The molecule has 2 nitrogen and oxygen atoms in total. The maximum atomic E-state index is 14.1. The van der Waals surface area contributed by atoms with Gasteiger partial charge in [0.2, 0.25) is 0 Å². The molecule has 21 heavy (non-hydrogen) atoms. The van der Waals surface area contributed by atoms with Gasteiger partial charge in [0, 0.05) is 24.3 Å². The van der Waals surface area contributed by atoms with Gasteiger partial charge in [-0.2, -0.15) is 0 Å². The highest BCUT2D eigenvalue weighted by molar-refractivity contribution is 5.58. The van der Waals surface area contributed by atoms with E-state index in [1.807, 2.05) is 12.1 Å². The first-order chi connectivity index (χ1) is 10.2. The molecule has 0 radical (unpaired) electrons. The van der Waals surface area contributed by atoms with Crippen molar-refractivity contribution in [3.8, 4) is 0 Å². The van der Waals surface area contributed by atoms with E-state index in [0.717, 1.165) is 19.4 Å². The van der Waals surface area contributed by atoms with Crippen molar-refractivity contribution < 1.29 is 4.39 Å². The SMILES string of the molecule is Cc1ccc2c(c1)CCCN2C(CN)c1ccccc1F. The van der Waals surface area contributed by atoms with Crippen LogP contribution in [0.3, 0.4) is 0 Å². The van der Waals surface area contributed by atoms with E-state index in [2.05, 4.69) is 30.0 Å². The third-order valence-corrected chi connectivity index (χ3v) is 4.25. The Labute approximate surface area is 125 Å². The van der Waals surface area contributed by atoms with Crippen molar-refractivity contribution >= 4 is 5.69 Å². The Hall–Kier alpha value is -1.87.